The number of nitrogens with zero attached hydrogens (tertiary/aromatic N) is 1. The number of aryl methyl sites for hydroxylation is 1. The summed E-state index contributed by atoms with van der Waals surface area (Å²) in [6, 6.07) is 12.7. The lowest BCUT2D eigenvalue weighted by Gasteiger charge is -2.29. The summed E-state index contributed by atoms with van der Waals surface area (Å²) in [6.45, 7) is 1.95. The van der Waals surface area contributed by atoms with Crippen LogP contribution in [0, 0.1) is 6.92 Å². The molecule has 0 bridgehead atoms. The van der Waals surface area contributed by atoms with Gasteiger partial charge in [0.2, 0.25) is 0 Å². The zero-order valence-corrected chi connectivity index (χ0v) is 16.5. The third-order valence-corrected chi connectivity index (χ3v) is 4.66. The molecule has 1 saturated heterocycles. The highest BCUT2D eigenvalue weighted by Crippen LogP contribution is 2.27. The number of thiocarbonyl (C=S) groups is 1. The van der Waals surface area contributed by atoms with Crippen LogP contribution < -0.4 is 15.0 Å². The first-order valence-corrected chi connectivity index (χ1v) is 8.92. The van der Waals surface area contributed by atoms with E-state index in [4.69, 9.17) is 17.0 Å². The van der Waals surface area contributed by atoms with Crippen LogP contribution in [-0.4, -0.2) is 24.0 Å². The number of rotatable bonds is 3. The van der Waals surface area contributed by atoms with Crippen molar-refractivity contribution in [2.24, 2.45) is 0 Å². The molecule has 1 aliphatic rings. The molecule has 2 aromatic carbocycles. The van der Waals surface area contributed by atoms with Gasteiger partial charge in [0.15, 0.2) is 5.11 Å². The minimum absolute atomic E-state index is 0.0180. The predicted octanol–water partition coefficient (Wildman–Crippen LogP) is 3.60. The lowest BCUT2D eigenvalue weighted by Crippen LogP contribution is -2.54. The van der Waals surface area contributed by atoms with E-state index in [0.29, 0.717) is 17.0 Å². The highest BCUT2D eigenvalue weighted by Gasteiger charge is 2.34. The fourth-order valence-electron chi connectivity index (χ4n) is 2.56. The smallest absolute Gasteiger partial charge is 0.270 e. The summed E-state index contributed by atoms with van der Waals surface area (Å²) in [7, 11) is 1.53. The second-order valence-electron chi connectivity index (χ2n) is 5.68. The van der Waals surface area contributed by atoms with E-state index in [1.165, 1.54) is 18.1 Å². The molecule has 132 valence electrons. The zero-order chi connectivity index (χ0) is 18.8. The summed E-state index contributed by atoms with van der Waals surface area (Å²) >= 11 is 8.58. The van der Waals surface area contributed by atoms with Crippen LogP contribution in [0.3, 0.4) is 0 Å². The maximum Gasteiger partial charge on any atom is 0.270 e. The van der Waals surface area contributed by atoms with Gasteiger partial charge in [-0.15, -0.1) is 0 Å². The number of benzene rings is 2. The van der Waals surface area contributed by atoms with Gasteiger partial charge in [0.25, 0.3) is 11.8 Å². The van der Waals surface area contributed by atoms with Crippen LogP contribution in [0.4, 0.5) is 5.69 Å². The number of carbonyl (C=O) groups is 2. The Bertz CT molecular complexity index is 938. The van der Waals surface area contributed by atoms with Crippen molar-refractivity contribution < 1.29 is 14.3 Å². The van der Waals surface area contributed by atoms with Crippen LogP contribution in [0.1, 0.15) is 11.1 Å². The van der Waals surface area contributed by atoms with Crippen molar-refractivity contribution >= 4 is 56.8 Å². The molecule has 0 atom stereocenters. The maximum absolute atomic E-state index is 13.0. The normalized spacial score (nSPS) is 16.0. The predicted molar refractivity (Wildman–Crippen MR) is 108 cm³/mol. The molecule has 1 aliphatic heterocycles. The van der Waals surface area contributed by atoms with E-state index >= 15 is 0 Å². The molecule has 0 aliphatic carbocycles. The van der Waals surface area contributed by atoms with Gasteiger partial charge in [0.05, 0.1) is 12.8 Å². The Hall–Kier alpha value is -2.51. The van der Waals surface area contributed by atoms with E-state index in [9.17, 15) is 9.59 Å². The molecule has 1 N–H and O–H groups in total. The van der Waals surface area contributed by atoms with Crippen molar-refractivity contribution in [1.82, 2.24) is 5.32 Å². The fourth-order valence-corrected chi connectivity index (χ4v) is 3.22. The van der Waals surface area contributed by atoms with E-state index < -0.39 is 11.8 Å². The number of ether oxygens (including phenoxy) is 1. The summed E-state index contributed by atoms with van der Waals surface area (Å²) < 4.78 is 6.12. The average molecular weight is 431 g/mol. The van der Waals surface area contributed by atoms with E-state index in [1.54, 1.807) is 24.3 Å². The summed E-state index contributed by atoms with van der Waals surface area (Å²) in [5.74, 6) is -0.466. The molecule has 5 nitrogen and oxygen atoms in total. The van der Waals surface area contributed by atoms with Crippen LogP contribution in [-0.2, 0) is 9.59 Å². The highest BCUT2D eigenvalue weighted by molar-refractivity contribution is 9.10. The van der Waals surface area contributed by atoms with Crippen LogP contribution in [0.2, 0.25) is 0 Å². The zero-order valence-electron chi connectivity index (χ0n) is 14.1. The van der Waals surface area contributed by atoms with Gasteiger partial charge in [-0.25, -0.2) is 0 Å². The molecule has 1 fully saturated rings. The highest BCUT2D eigenvalue weighted by atomic mass is 79.9. The Labute approximate surface area is 164 Å². The van der Waals surface area contributed by atoms with Crippen LogP contribution in [0.25, 0.3) is 6.08 Å². The summed E-state index contributed by atoms with van der Waals surface area (Å²) in [4.78, 5) is 26.7. The standard InChI is InChI=1S/C19H15BrN2O3S/c1-11-3-6-14(7-4-11)22-18(24)15(17(23)21-19(22)26)10-12-9-13(20)5-8-16(12)25-2/h3-10H,1-2H3,(H,21,23,26). The van der Waals surface area contributed by atoms with Gasteiger partial charge in [0.1, 0.15) is 11.3 Å². The molecule has 1 heterocycles. The van der Waals surface area contributed by atoms with Crippen molar-refractivity contribution in [2.75, 3.05) is 12.0 Å². The van der Waals surface area contributed by atoms with Gasteiger partial charge < -0.3 is 4.74 Å². The van der Waals surface area contributed by atoms with Crippen molar-refractivity contribution in [3.8, 4) is 5.75 Å². The van der Waals surface area contributed by atoms with Gasteiger partial charge in [-0.1, -0.05) is 33.6 Å². The molecule has 0 spiro atoms. The molecule has 7 heteroatoms. The van der Waals surface area contributed by atoms with Gasteiger partial charge >= 0.3 is 0 Å². The van der Waals surface area contributed by atoms with E-state index in [-0.39, 0.29) is 10.7 Å². The number of hydrogen-bond donors (Lipinski definition) is 1. The van der Waals surface area contributed by atoms with E-state index in [1.807, 2.05) is 25.1 Å². The number of amides is 2. The molecular formula is C19H15BrN2O3S. The van der Waals surface area contributed by atoms with Gasteiger partial charge in [-0.05, 0) is 55.5 Å². The van der Waals surface area contributed by atoms with Gasteiger partial charge in [-0.2, -0.15) is 0 Å². The molecule has 26 heavy (non-hydrogen) atoms. The first kappa shape index (κ1) is 18.3. The van der Waals surface area contributed by atoms with Crippen molar-refractivity contribution in [3.05, 3.63) is 63.6 Å². The Morgan fingerprint density at radius 1 is 1.15 bits per heavy atom. The third kappa shape index (κ3) is 3.54. The lowest BCUT2D eigenvalue weighted by atomic mass is 10.1. The van der Waals surface area contributed by atoms with Crippen molar-refractivity contribution in [3.63, 3.8) is 0 Å². The SMILES string of the molecule is COc1ccc(Br)cc1C=C1C(=O)NC(=S)N(c2ccc(C)cc2)C1=O. The minimum Gasteiger partial charge on any atom is -0.496 e. The molecular weight excluding hydrogens is 416 g/mol. The first-order valence-electron chi connectivity index (χ1n) is 7.72. The van der Waals surface area contributed by atoms with Crippen LogP contribution in [0.15, 0.2) is 52.5 Å². The van der Waals surface area contributed by atoms with Crippen LogP contribution in [0.5, 0.6) is 5.75 Å². The quantitative estimate of drug-likeness (QED) is 0.459. The van der Waals surface area contributed by atoms with Gasteiger partial charge in [0, 0.05) is 10.0 Å². The Morgan fingerprint density at radius 3 is 2.50 bits per heavy atom. The molecule has 0 radical (unpaired) electrons. The average Bonchev–Trinajstić information content (AvgIpc) is 2.60. The number of nitrogens with one attached hydrogen (secondary N) is 1. The molecule has 2 aromatic rings. The molecule has 0 aromatic heterocycles. The molecule has 2 amide bonds. The van der Waals surface area contributed by atoms with Gasteiger partial charge in [-0.3, -0.25) is 19.8 Å². The fraction of sp³-hybridized carbons (Fsp3) is 0.105. The second-order valence-corrected chi connectivity index (χ2v) is 6.98. The van der Waals surface area contributed by atoms with E-state index in [2.05, 4.69) is 21.2 Å². The number of methoxy groups -OCH3 is 1. The minimum atomic E-state index is -0.537. The summed E-state index contributed by atoms with van der Waals surface area (Å²) in [5.41, 5.74) is 2.24. The van der Waals surface area contributed by atoms with Crippen molar-refractivity contribution in [1.29, 1.82) is 0 Å². The molecule has 0 saturated carbocycles. The number of halogens is 1. The summed E-state index contributed by atoms with van der Waals surface area (Å²) in [6.07, 6.45) is 1.50. The largest absolute Gasteiger partial charge is 0.496 e. The Balaban J connectivity index is 2.06. The second kappa shape index (κ2) is 7.39. The van der Waals surface area contributed by atoms with Crippen molar-refractivity contribution in [2.45, 2.75) is 6.92 Å². The van der Waals surface area contributed by atoms with E-state index in [0.717, 1.165) is 10.0 Å². The summed E-state index contributed by atoms with van der Waals surface area (Å²) in [5, 5.41) is 2.63. The molecule has 3 rings (SSSR count). The Kier molecular flexibility index (Phi) is 5.20. The number of anilines is 1. The third-order valence-electron chi connectivity index (χ3n) is 3.89. The topological polar surface area (TPSA) is 58.6 Å². The number of hydrogen-bond acceptors (Lipinski definition) is 4. The monoisotopic (exact) mass is 430 g/mol. The van der Waals surface area contributed by atoms with Crippen LogP contribution >= 0.6 is 28.1 Å². The lowest BCUT2D eigenvalue weighted by molar-refractivity contribution is -0.122. The molecule has 0 unspecified atom stereocenters. The number of carbonyl (C=O) groups excluding carboxylic acids is 2. The first-order chi connectivity index (χ1) is 12.4. The Morgan fingerprint density at radius 2 is 1.85 bits per heavy atom. The maximum atomic E-state index is 13.0.